The molecule has 0 aromatic heterocycles. The summed E-state index contributed by atoms with van der Waals surface area (Å²) in [6, 6.07) is 0. The predicted molar refractivity (Wildman–Crippen MR) is 95.5 cm³/mol. The maximum atomic E-state index is 12.7. The Labute approximate surface area is 147 Å². The van der Waals surface area contributed by atoms with Gasteiger partial charge in [0.05, 0.1) is 12.2 Å². The minimum atomic E-state index is -0.295. The van der Waals surface area contributed by atoms with Gasteiger partial charge in [-0.05, 0) is 62.2 Å². The van der Waals surface area contributed by atoms with Gasteiger partial charge in [-0.15, -0.1) is 0 Å². The molecule has 0 amide bonds. The molecule has 3 rings (SSSR count). The van der Waals surface area contributed by atoms with E-state index < -0.39 is 0 Å². The Morgan fingerprint density at radius 2 is 1.83 bits per heavy atom. The fraction of sp³-hybridized carbons (Fsp3) is 0.952. The first-order valence-electron chi connectivity index (χ1n) is 10.3. The second-order valence-electron chi connectivity index (χ2n) is 9.19. The van der Waals surface area contributed by atoms with Crippen LogP contribution in [0.4, 0.5) is 0 Å². The van der Waals surface area contributed by atoms with E-state index in [4.69, 9.17) is 0 Å². The summed E-state index contributed by atoms with van der Waals surface area (Å²) >= 11 is 0. The maximum Gasteiger partial charge on any atom is 0.142 e. The van der Waals surface area contributed by atoms with Gasteiger partial charge in [0.15, 0.2) is 0 Å². The SMILES string of the molecule is CC1C(=O)[C@]2(C(C)C)CC[C@H](O)[C@@H](CC[C@H](O)C3CCCCC3)[C@@H]12. The molecule has 3 aliphatic rings. The van der Waals surface area contributed by atoms with Crippen LogP contribution in [-0.2, 0) is 4.79 Å². The quantitative estimate of drug-likeness (QED) is 0.799. The third-order valence-corrected chi connectivity index (χ3v) is 7.84. The van der Waals surface area contributed by atoms with Crippen LogP contribution in [0, 0.1) is 35.0 Å². The molecule has 24 heavy (non-hydrogen) atoms. The van der Waals surface area contributed by atoms with Crippen LogP contribution in [0.15, 0.2) is 0 Å². The minimum absolute atomic E-state index is 0.0826. The largest absolute Gasteiger partial charge is 0.393 e. The van der Waals surface area contributed by atoms with Gasteiger partial charge in [-0.3, -0.25) is 4.79 Å². The van der Waals surface area contributed by atoms with Crippen LogP contribution in [0.1, 0.15) is 78.6 Å². The number of carbonyl (C=O) groups excluding carboxylic acids is 1. The first-order chi connectivity index (χ1) is 11.4. The molecule has 0 saturated heterocycles. The zero-order valence-electron chi connectivity index (χ0n) is 15.7. The van der Waals surface area contributed by atoms with Gasteiger partial charge in [-0.25, -0.2) is 0 Å². The van der Waals surface area contributed by atoms with E-state index in [2.05, 4.69) is 20.8 Å². The molecular formula is C21H36O3. The molecule has 3 aliphatic carbocycles. The smallest absolute Gasteiger partial charge is 0.142 e. The first kappa shape index (κ1) is 18.4. The molecule has 3 saturated carbocycles. The lowest BCUT2D eigenvalue weighted by molar-refractivity contribution is -0.188. The van der Waals surface area contributed by atoms with Gasteiger partial charge in [-0.1, -0.05) is 40.0 Å². The summed E-state index contributed by atoms with van der Waals surface area (Å²) in [5, 5.41) is 21.2. The van der Waals surface area contributed by atoms with Gasteiger partial charge in [0, 0.05) is 11.3 Å². The summed E-state index contributed by atoms with van der Waals surface area (Å²) in [6.45, 7) is 6.39. The molecule has 6 atom stereocenters. The van der Waals surface area contributed by atoms with E-state index in [1.807, 2.05) is 0 Å². The van der Waals surface area contributed by atoms with E-state index in [1.165, 1.54) is 19.3 Å². The third-order valence-electron chi connectivity index (χ3n) is 7.84. The Hall–Kier alpha value is -0.410. The fourth-order valence-electron chi connectivity index (χ4n) is 6.43. The van der Waals surface area contributed by atoms with Crippen molar-refractivity contribution in [3.05, 3.63) is 0 Å². The third kappa shape index (κ3) is 2.86. The Balaban J connectivity index is 1.66. The van der Waals surface area contributed by atoms with E-state index in [-0.39, 0.29) is 29.5 Å². The Kier molecular flexibility index (Phi) is 5.42. The predicted octanol–water partition coefficient (Wildman–Crippen LogP) is 3.96. The number of rotatable bonds is 5. The summed E-state index contributed by atoms with van der Waals surface area (Å²) in [4.78, 5) is 12.7. The Morgan fingerprint density at radius 3 is 2.46 bits per heavy atom. The average Bonchev–Trinajstić information content (AvgIpc) is 2.59. The standard InChI is InChI=1S/C21H36O3/c1-13(2)21-12-11-18(23)16(19(21)14(3)20(21)24)9-10-17(22)15-7-5-4-6-8-15/h13-19,22-23H,4-12H2,1-3H3/t14?,16-,17+,18+,19-,21+/m1/s1. The highest BCUT2D eigenvalue weighted by Crippen LogP contribution is 2.62. The van der Waals surface area contributed by atoms with E-state index in [1.54, 1.807) is 0 Å². The summed E-state index contributed by atoms with van der Waals surface area (Å²) in [5.41, 5.74) is -0.195. The molecule has 0 aromatic rings. The highest BCUT2D eigenvalue weighted by atomic mass is 16.3. The molecule has 3 nitrogen and oxygen atoms in total. The van der Waals surface area contributed by atoms with Crippen LogP contribution in [0.25, 0.3) is 0 Å². The molecule has 138 valence electrons. The zero-order valence-corrected chi connectivity index (χ0v) is 15.7. The Bertz CT molecular complexity index is 454. The second-order valence-corrected chi connectivity index (χ2v) is 9.19. The molecule has 0 radical (unpaired) electrons. The minimum Gasteiger partial charge on any atom is -0.393 e. The van der Waals surface area contributed by atoms with Crippen LogP contribution in [-0.4, -0.2) is 28.2 Å². The van der Waals surface area contributed by atoms with Gasteiger partial charge < -0.3 is 10.2 Å². The molecule has 0 aromatic carbocycles. The molecular weight excluding hydrogens is 300 g/mol. The van der Waals surface area contributed by atoms with Gasteiger partial charge in [0.25, 0.3) is 0 Å². The van der Waals surface area contributed by atoms with Crippen molar-refractivity contribution in [1.82, 2.24) is 0 Å². The molecule has 2 N–H and O–H groups in total. The van der Waals surface area contributed by atoms with Crippen molar-refractivity contribution >= 4 is 5.78 Å². The number of Topliss-reactive ketones (excluding diaryl/α,β-unsaturated/α-hetero) is 1. The second kappa shape index (κ2) is 7.07. The number of hydrogen-bond acceptors (Lipinski definition) is 3. The van der Waals surface area contributed by atoms with Gasteiger partial charge in [0.1, 0.15) is 5.78 Å². The first-order valence-corrected chi connectivity index (χ1v) is 10.3. The number of aliphatic hydroxyl groups is 2. The number of hydrogen-bond donors (Lipinski definition) is 2. The van der Waals surface area contributed by atoms with Gasteiger partial charge >= 0.3 is 0 Å². The highest BCUT2D eigenvalue weighted by Gasteiger charge is 2.65. The maximum absolute atomic E-state index is 12.7. The summed E-state index contributed by atoms with van der Waals surface area (Å²) < 4.78 is 0. The molecule has 3 fully saturated rings. The van der Waals surface area contributed by atoms with Crippen molar-refractivity contribution in [1.29, 1.82) is 0 Å². The van der Waals surface area contributed by atoms with Crippen molar-refractivity contribution in [3.8, 4) is 0 Å². The highest BCUT2D eigenvalue weighted by molar-refractivity contribution is 5.94. The number of aliphatic hydroxyl groups excluding tert-OH is 2. The van der Waals surface area contributed by atoms with Crippen molar-refractivity contribution < 1.29 is 15.0 Å². The molecule has 0 aliphatic heterocycles. The van der Waals surface area contributed by atoms with Gasteiger partial charge in [0.2, 0.25) is 0 Å². The molecule has 1 unspecified atom stereocenters. The Morgan fingerprint density at radius 1 is 1.17 bits per heavy atom. The topological polar surface area (TPSA) is 57.5 Å². The lowest BCUT2D eigenvalue weighted by Gasteiger charge is -2.62. The summed E-state index contributed by atoms with van der Waals surface area (Å²) in [5.74, 6) is 1.81. The molecule has 0 bridgehead atoms. The molecule has 3 heteroatoms. The summed E-state index contributed by atoms with van der Waals surface area (Å²) in [6.07, 6.45) is 8.85. The summed E-state index contributed by atoms with van der Waals surface area (Å²) in [7, 11) is 0. The number of fused-ring (bicyclic) bond motifs is 1. The molecule has 0 heterocycles. The van der Waals surface area contributed by atoms with Crippen LogP contribution in [0.5, 0.6) is 0 Å². The van der Waals surface area contributed by atoms with E-state index in [9.17, 15) is 15.0 Å². The fourth-order valence-corrected chi connectivity index (χ4v) is 6.43. The van der Waals surface area contributed by atoms with Crippen LogP contribution in [0.2, 0.25) is 0 Å². The number of carbonyl (C=O) groups is 1. The lowest BCUT2D eigenvalue weighted by Crippen LogP contribution is -2.66. The van der Waals surface area contributed by atoms with Crippen LogP contribution < -0.4 is 0 Å². The van der Waals surface area contributed by atoms with Crippen molar-refractivity contribution in [2.75, 3.05) is 0 Å². The lowest BCUT2D eigenvalue weighted by atomic mass is 9.41. The average molecular weight is 337 g/mol. The van der Waals surface area contributed by atoms with Crippen molar-refractivity contribution in [3.63, 3.8) is 0 Å². The monoisotopic (exact) mass is 336 g/mol. The molecule has 0 spiro atoms. The van der Waals surface area contributed by atoms with E-state index in [0.717, 1.165) is 38.5 Å². The van der Waals surface area contributed by atoms with E-state index in [0.29, 0.717) is 23.5 Å². The van der Waals surface area contributed by atoms with Crippen molar-refractivity contribution in [2.45, 2.75) is 90.8 Å². The van der Waals surface area contributed by atoms with Crippen molar-refractivity contribution in [2.24, 2.45) is 35.0 Å². The van der Waals surface area contributed by atoms with Gasteiger partial charge in [-0.2, -0.15) is 0 Å². The van der Waals surface area contributed by atoms with Crippen LogP contribution in [0.3, 0.4) is 0 Å². The number of ketones is 1. The zero-order chi connectivity index (χ0) is 17.5. The van der Waals surface area contributed by atoms with Crippen LogP contribution >= 0.6 is 0 Å². The normalized spacial score (nSPS) is 41.8. The van der Waals surface area contributed by atoms with E-state index >= 15 is 0 Å².